The fourth-order valence-corrected chi connectivity index (χ4v) is 6.45. The second-order valence-electron chi connectivity index (χ2n) is 8.64. The lowest BCUT2D eigenvalue weighted by Crippen LogP contribution is -2.40. The second-order valence-corrected chi connectivity index (χ2v) is 12.3. The summed E-state index contributed by atoms with van der Waals surface area (Å²) < 4.78 is 71.4. The van der Waals surface area contributed by atoms with Gasteiger partial charge in [-0.25, -0.2) is 16.8 Å². The van der Waals surface area contributed by atoms with Crippen LogP contribution in [0.3, 0.4) is 0 Å². The molecule has 0 atom stereocenters. The molecule has 1 fully saturated rings. The van der Waals surface area contributed by atoms with E-state index in [0.29, 0.717) is 36.0 Å². The van der Waals surface area contributed by atoms with Crippen LogP contribution >= 0.6 is 0 Å². The van der Waals surface area contributed by atoms with Crippen molar-refractivity contribution in [3.05, 3.63) is 71.8 Å². The van der Waals surface area contributed by atoms with Gasteiger partial charge in [-0.05, 0) is 61.0 Å². The fourth-order valence-electron chi connectivity index (χ4n) is 3.96. The van der Waals surface area contributed by atoms with Gasteiger partial charge in [-0.15, -0.1) is 0 Å². The minimum absolute atomic E-state index is 0.0145. The predicted octanol–water partition coefficient (Wildman–Crippen LogP) is 3.09. The number of aryl methyl sites for hydroxylation is 1. The number of methoxy groups -OCH3 is 2. The monoisotopic (exact) mass is 575 g/mol. The smallest absolute Gasteiger partial charge is 0.262 e. The van der Waals surface area contributed by atoms with Crippen LogP contribution in [-0.2, 0) is 24.8 Å². The summed E-state index contributed by atoms with van der Waals surface area (Å²) in [6.45, 7) is 2.81. The first-order chi connectivity index (χ1) is 18.5. The molecule has 0 unspecified atom stereocenters. The number of amides is 1. The molecule has 0 radical (unpaired) electrons. The van der Waals surface area contributed by atoms with Crippen molar-refractivity contribution in [2.24, 2.45) is 0 Å². The molecule has 3 aromatic rings. The first-order valence-electron chi connectivity index (χ1n) is 11.9. The maximum Gasteiger partial charge on any atom is 0.262 e. The van der Waals surface area contributed by atoms with E-state index in [9.17, 15) is 21.6 Å². The zero-order valence-corrected chi connectivity index (χ0v) is 23.3. The highest BCUT2D eigenvalue weighted by Crippen LogP contribution is 2.31. The molecule has 1 amide bonds. The summed E-state index contributed by atoms with van der Waals surface area (Å²) in [6.07, 6.45) is 0. The van der Waals surface area contributed by atoms with Crippen molar-refractivity contribution in [1.29, 1.82) is 0 Å². The Morgan fingerprint density at radius 3 is 2.18 bits per heavy atom. The van der Waals surface area contributed by atoms with Crippen LogP contribution in [-0.4, -0.2) is 67.6 Å². The maximum atomic E-state index is 13.0. The van der Waals surface area contributed by atoms with Crippen LogP contribution in [0, 0.1) is 6.92 Å². The summed E-state index contributed by atoms with van der Waals surface area (Å²) >= 11 is 0. The summed E-state index contributed by atoms with van der Waals surface area (Å²) in [4.78, 5) is 13.0. The van der Waals surface area contributed by atoms with Crippen LogP contribution in [0.1, 0.15) is 15.9 Å². The van der Waals surface area contributed by atoms with Crippen molar-refractivity contribution < 1.29 is 35.8 Å². The van der Waals surface area contributed by atoms with E-state index >= 15 is 0 Å². The average molecular weight is 576 g/mol. The third-order valence-corrected chi connectivity index (χ3v) is 9.41. The number of benzene rings is 3. The number of morpholine rings is 1. The first kappa shape index (κ1) is 28.4. The second kappa shape index (κ2) is 11.6. The molecule has 2 N–H and O–H groups in total. The van der Waals surface area contributed by atoms with Gasteiger partial charge in [0.15, 0.2) is 0 Å². The molecule has 4 rings (SSSR count). The Morgan fingerprint density at radius 2 is 1.54 bits per heavy atom. The highest BCUT2D eigenvalue weighted by atomic mass is 32.2. The molecule has 39 heavy (non-hydrogen) atoms. The molecule has 0 aliphatic carbocycles. The number of nitrogens with one attached hydrogen (secondary N) is 2. The van der Waals surface area contributed by atoms with Gasteiger partial charge in [-0.2, -0.15) is 4.31 Å². The predicted molar refractivity (Wildman–Crippen MR) is 146 cm³/mol. The fraction of sp³-hybridized carbons (Fsp3) is 0.269. The summed E-state index contributed by atoms with van der Waals surface area (Å²) in [5.74, 6) is 0.238. The van der Waals surface area contributed by atoms with E-state index in [2.05, 4.69) is 10.0 Å². The quantitative estimate of drug-likeness (QED) is 0.397. The van der Waals surface area contributed by atoms with Gasteiger partial charge in [0.25, 0.3) is 15.9 Å². The molecule has 1 aliphatic heterocycles. The van der Waals surface area contributed by atoms with E-state index in [4.69, 9.17) is 14.2 Å². The van der Waals surface area contributed by atoms with Gasteiger partial charge in [-0.1, -0.05) is 6.07 Å². The molecule has 0 aromatic heterocycles. The number of ether oxygens (including phenoxy) is 3. The van der Waals surface area contributed by atoms with Gasteiger partial charge in [0.2, 0.25) is 10.0 Å². The number of carbonyl (C=O) groups excluding carboxylic acids is 1. The standard InChI is InChI=1S/C26H29N3O8S2/c1-18-4-8-22(39(33,34)29-12-14-37-15-13-29)17-23(18)26(30)27-19-5-9-21(10-6-19)38(31,32)28-24-16-20(35-2)7-11-25(24)36-3/h4-11,16-17,28H,12-15H2,1-3H3,(H,27,30). The number of nitrogens with zero attached hydrogens (tertiary/aromatic N) is 1. The number of sulfonamides is 2. The normalized spacial score (nSPS) is 14.4. The third-order valence-electron chi connectivity index (χ3n) is 6.13. The van der Waals surface area contributed by atoms with Crippen molar-refractivity contribution in [3.63, 3.8) is 0 Å². The molecular weight excluding hydrogens is 546 g/mol. The highest BCUT2D eigenvalue weighted by Gasteiger charge is 2.27. The molecule has 0 saturated carbocycles. The third kappa shape index (κ3) is 6.33. The van der Waals surface area contributed by atoms with Gasteiger partial charge in [0.05, 0.1) is 42.9 Å². The molecule has 1 heterocycles. The number of hydrogen-bond acceptors (Lipinski definition) is 8. The Morgan fingerprint density at radius 1 is 0.872 bits per heavy atom. The lowest BCUT2D eigenvalue weighted by atomic mass is 10.1. The lowest BCUT2D eigenvalue weighted by molar-refractivity contribution is 0.0730. The zero-order chi connectivity index (χ0) is 28.2. The van der Waals surface area contributed by atoms with Crippen LogP contribution in [0.2, 0.25) is 0 Å². The van der Waals surface area contributed by atoms with E-state index in [-0.39, 0.29) is 34.1 Å². The molecule has 208 valence electrons. The molecule has 0 bridgehead atoms. The molecule has 0 spiro atoms. The Balaban J connectivity index is 1.51. The Hall–Kier alpha value is -3.65. The Labute approximate surface area is 227 Å². The molecule has 3 aromatic carbocycles. The summed E-state index contributed by atoms with van der Waals surface area (Å²) in [7, 11) is -4.88. The molecule has 11 nitrogen and oxygen atoms in total. The summed E-state index contributed by atoms with van der Waals surface area (Å²) in [5.41, 5.74) is 1.31. The molecule has 1 aliphatic rings. The van der Waals surface area contributed by atoms with Crippen LogP contribution < -0.4 is 19.5 Å². The van der Waals surface area contributed by atoms with Crippen molar-refractivity contribution in [2.75, 3.05) is 50.6 Å². The van der Waals surface area contributed by atoms with Crippen LogP contribution in [0.5, 0.6) is 11.5 Å². The number of anilines is 2. The van der Waals surface area contributed by atoms with Crippen molar-refractivity contribution in [3.8, 4) is 11.5 Å². The molecule has 13 heteroatoms. The largest absolute Gasteiger partial charge is 0.497 e. The Kier molecular flexibility index (Phi) is 8.45. The van der Waals surface area contributed by atoms with E-state index in [1.54, 1.807) is 25.1 Å². The van der Waals surface area contributed by atoms with Gasteiger partial charge in [0, 0.05) is 30.4 Å². The number of hydrogen-bond donors (Lipinski definition) is 2. The van der Waals surface area contributed by atoms with Crippen molar-refractivity contribution in [1.82, 2.24) is 4.31 Å². The minimum Gasteiger partial charge on any atom is -0.497 e. The van der Waals surface area contributed by atoms with E-state index in [1.165, 1.54) is 61.0 Å². The lowest BCUT2D eigenvalue weighted by Gasteiger charge is -2.26. The van der Waals surface area contributed by atoms with E-state index < -0.39 is 26.0 Å². The van der Waals surface area contributed by atoms with Crippen molar-refractivity contribution in [2.45, 2.75) is 16.7 Å². The highest BCUT2D eigenvalue weighted by molar-refractivity contribution is 7.92. The van der Waals surface area contributed by atoms with Gasteiger partial charge in [-0.3, -0.25) is 9.52 Å². The number of carbonyl (C=O) groups is 1. The summed E-state index contributed by atoms with van der Waals surface area (Å²) in [5, 5.41) is 2.70. The SMILES string of the molecule is COc1ccc(OC)c(NS(=O)(=O)c2ccc(NC(=O)c3cc(S(=O)(=O)N4CCOCC4)ccc3C)cc2)c1. The van der Waals surface area contributed by atoms with Crippen molar-refractivity contribution >= 4 is 37.3 Å². The maximum absolute atomic E-state index is 13.0. The van der Waals surface area contributed by atoms with Crippen LogP contribution in [0.15, 0.2) is 70.5 Å². The number of rotatable bonds is 9. The topological polar surface area (TPSA) is 140 Å². The van der Waals surface area contributed by atoms with E-state index in [0.717, 1.165) is 0 Å². The minimum atomic E-state index is -3.99. The Bertz CT molecular complexity index is 1570. The van der Waals surface area contributed by atoms with E-state index in [1.807, 2.05) is 0 Å². The first-order valence-corrected chi connectivity index (χ1v) is 14.8. The van der Waals surface area contributed by atoms with Crippen LogP contribution in [0.25, 0.3) is 0 Å². The zero-order valence-electron chi connectivity index (χ0n) is 21.6. The summed E-state index contributed by atoms with van der Waals surface area (Å²) in [6, 6.07) is 14.7. The molecule has 1 saturated heterocycles. The van der Waals surface area contributed by atoms with Gasteiger partial charge >= 0.3 is 0 Å². The van der Waals surface area contributed by atoms with Gasteiger partial charge in [0.1, 0.15) is 11.5 Å². The van der Waals surface area contributed by atoms with Crippen LogP contribution in [0.4, 0.5) is 11.4 Å². The molecular formula is C26H29N3O8S2. The van der Waals surface area contributed by atoms with Gasteiger partial charge < -0.3 is 19.5 Å². The average Bonchev–Trinajstić information content (AvgIpc) is 2.93.